The summed E-state index contributed by atoms with van der Waals surface area (Å²) in [5.41, 5.74) is 3.54. The van der Waals surface area contributed by atoms with E-state index in [1.54, 1.807) is 9.59 Å². The van der Waals surface area contributed by atoms with Gasteiger partial charge in [0.05, 0.1) is 35.6 Å². The summed E-state index contributed by atoms with van der Waals surface area (Å²) in [6.45, 7) is 0. The average molecular weight is 586 g/mol. The SMILES string of the molecule is C(=N[C@H]1CCCC[C@@H]1n1nnc(-c2ccccc2)n1)c1cccc(C=N[C@H]2CCCC[C@@H]2n2nnc(-c3ccccc3)n2)n1. The number of nitrogens with zero attached hydrogens (tertiary/aromatic N) is 11. The van der Waals surface area contributed by atoms with E-state index in [9.17, 15) is 0 Å². The Kier molecular flexibility index (Phi) is 8.33. The largest absolute Gasteiger partial charge is 0.285 e. The zero-order chi connectivity index (χ0) is 29.6. The standard InChI is InChI=1S/C33H35N11/c1-3-12-24(13-4-1)32-37-41-43(39-32)30-20-9-7-18-28(30)34-22-26-16-11-17-27(36-26)23-35-29-19-8-10-21-31(29)44-40-33(38-42-44)25-14-5-2-6-15-25/h1-6,11-17,22-23,28-31H,7-10,18-21H2/t28-,29-,30-,31-/m0/s1. The lowest BCUT2D eigenvalue weighted by Gasteiger charge is -2.27. The van der Waals surface area contributed by atoms with Crippen molar-refractivity contribution in [3.63, 3.8) is 0 Å². The molecule has 5 aromatic rings. The van der Waals surface area contributed by atoms with Crippen LogP contribution in [0.2, 0.25) is 0 Å². The molecule has 0 radical (unpaired) electrons. The van der Waals surface area contributed by atoms with E-state index in [0.717, 1.165) is 73.9 Å². The molecule has 0 saturated heterocycles. The zero-order valence-electron chi connectivity index (χ0n) is 24.5. The summed E-state index contributed by atoms with van der Waals surface area (Å²) >= 11 is 0. The Hall–Kier alpha value is -4.93. The first-order valence-corrected chi connectivity index (χ1v) is 15.5. The Morgan fingerprint density at radius 3 is 1.48 bits per heavy atom. The fourth-order valence-electron chi connectivity index (χ4n) is 6.16. The monoisotopic (exact) mass is 585 g/mol. The lowest BCUT2D eigenvalue weighted by Crippen LogP contribution is -2.28. The highest BCUT2D eigenvalue weighted by Crippen LogP contribution is 2.31. The zero-order valence-corrected chi connectivity index (χ0v) is 24.5. The van der Waals surface area contributed by atoms with Crippen molar-refractivity contribution in [1.82, 2.24) is 45.4 Å². The van der Waals surface area contributed by atoms with Crippen LogP contribution in [0.1, 0.15) is 74.8 Å². The lowest BCUT2D eigenvalue weighted by molar-refractivity contribution is 0.261. The van der Waals surface area contributed by atoms with Crippen LogP contribution in [0.15, 0.2) is 88.8 Å². The van der Waals surface area contributed by atoms with Crippen molar-refractivity contribution < 1.29 is 0 Å². The van der Waals surface area contributed by atoms with E-state index in [2.05, 4.69) is 20.6 Å². The fraction of sp³-hybridized carbons (Fsp3) is 0.364. The second-order valence-corrected chi connectivity index (χ2v) is 11.5. The molecule has 0 aliphatic heterocycles. The van der Waals surface area contributed by atoms with Gasteiger partial charge in [-0.25, -0.2) is 4.98 Å². The number of pyridine rings is 1. The summed E-state index contributed by atoms with van der Waals surface area (Å²) in [4.78, 5) is 18.3. The highest BCUT2D eigenvalue weighted by Gasteiger charge is 2.29. The maximum absolute atomic E-state index is 4.98. The average Bonchev–Trinajstić information content (AvgIpc) is 3.79. The van der Waals surface area contributed by atoms with E-state index in [4.69, 9.17) is 25.2 Å². The molecule has 4 atom stereocenters. The second-order valence-electron chi connectivity index (χ2n) is 11.5. The van der Waals surface area contributed by atoms with Gasteiger partial charge in [-0.15, -0.1) is 20.4 Å². The van der Waals surface area contributed by atoms with Gasteiger partial charge in [0.15, 0.2) is 0 Å². The Morgan fingerprint density at radius 2 is 1.00 bits per heavy atom. The minimum absolute atomic E-state index is 0.0691. The molecule has 44 heavy (non-hydrogen) atoms. The molecule has 7 rings (SSSR count). The molecular formula is C33H35N11. The summed E-state index contributed by atoms with van der Waals surface area (Å²) in [6, 6.07) is 26.2. The third-order valence-electron chi connectivity index (χ3n) is 8.49. The van der Waals surface area contributed by atoms with Gasteiger partial charge < -0.3 is 0 Å². The fourth-order valence-corrected chi connectivity index (χ4v) is 6.16. The van der Waals surface area contributed by atoms with Gasteiger partial charge in [-0.2, -0.15) is 9.59 Å². The Balaban J connectivity index is 1.04. The predicted molar refractivity (Wildman–Crippen MR) is 169 cm³/mol. The number of rotatable bonds is 8. The minimum Gasteiger partial charge on any atom is -0.285 e. The van der Waals surface area contributed by atoms with Gasteiger partial charge >= 0.3 is 0 Å². The maximum atomic E-state index is 4.98. The Bertz CT molecular complexity index is 1590. The topological polar surface area (TPSA) is 125 Å². The van der Waals surface area contributed by atoms with Crippen LogP contribution in [-0.2, 0) is 0 Å². The molecule has 0 amide bonds. The van der Waals surface area contributed by atoms with Gasteiger partial charge in [0.2, 0.25) is 11.6 Å². The smallest absolute Gasteiger partial charge is 0.204 e. The van der Waals surface area contributed by atoms with Gasteiger partial charge in [0, 0.05) is 23.6 Å². The first-order chi connectivity index (χ1) is 21.8. The van der Waals surface area contributed by atoms with Crippen molar-refractivity contribution in [3.05, 3.63) is 90.3 Å². The van der Waals surface area contributed by atoms with Crippen molar-refractivity contribution >= 4 is 12.4 Å². The first-order valence-electron chi connectivity index (χ1n) is 15.5. The molecular weight excluding hydrogens is 550 g/mol. The van der Waals surface area contributed by atoms with Crippen LogP contribution >= 0.6 is 0 Å². The molecule has 0 bridgehead atoms. The van der Waals surface area contributed by atoms with E-state index < -0.39 is 0 Å². The normalized spacial score (nSPS) is 22.5. The molecule has 222 valence electrons. The summed E-state index contributed by atoms with van der Waals surface area (Å²) in [6.07, 6.45) is 12.2. The van der Waals surface area contributed by atoms with Gasteiger partial charge in [0.1, 0.15) is 0 Å². The van der Waals surface area contributed by atoms with Crippen molar-refractivity contribution in [2.24, 2.45) is 9.98 Å². The van der Waals surface area contributed by atoms with Crippen molar-refractivity contribution in [3.8, 4) is 22.8 Å². The summed E-state index contributed by atoms with van der Waals surface area (Å²) in [5.74, 6) is 1.29. The second kappa shape index (κ2) is 13.2. The molecule has 2 aliphatic carbocycles. The van der Waals surface area contributed by atoms with Gasteiger partial charge in [-0.05, 0) is 48.2 Å². The molecule has 2 saturated carbocycles. The Labute approximate surface area is 256 Å². The van der Waals surface area contributed by atoms with Crippen LogP contribution in [0.25, 0.3) is 22.8 Å². The minimum atomic E-state index is 0.0691. The van der Waals surface area contributed by atoms with Gasteiger partial charge in [0.25, 0.3) is 0 Å². The van der Waals surface area contributed by atoms with Crippen LogP contribution in [0.4, 0.5) is 0 Å². The molecule has 0 unspecified atom stereocenters. The van der Waals surface area contributed by atoms with Crippen LogP contribution < -0.4 is 0 Å². The quantitative estimate of drug-likeness (QED) is 0.217. The lowest BCUT2D eigenvalue weighted by atomic mass is 9.91. The van der Waals surface area contributed by atoms with Gasteiger partial charge in [-0.1, -0.05) is 92.4 Å². The van der Waals surface area contributed by atoms with E-state index in [1.807, 2.05) is 91.3 Å². The van der Waals surface area contributed by atoms with Crippen LogP contribution in [0.5, 0.6) is 0 Å². The number of benzene rings is 2. The number of aromatic nitrogens is 9. The van der Waals surface area contributed by atoms with Crippen LogP contribution in [-0.4, -0.2) is 69.9 Å². The van der Waals surface area contributed by atoms with E-state index >= 15 is 0 Å². The van der Waals surface area contributed by atoms with Crippen molar-refractivity contribution in [2.45, 2.75) is 75.5 Å². The molecule has 11 nitrogen and oxygen atoms in total. The number of hydrogen-bond donors (Lipinski definition) is 0. The molecule has 2 fully saturated rings. The number of hydrogen-bond acceptors (Lipinski definition) is 9. The maximum Gasteiger partial charge on any atom is 0.204 e. The van der Waals surface area contributed by atoms with E-state index in [0.29, 0.717) is 11.6 Å². The van der Waals surface area contributed by atoms with E-state index in [-0.39, 0.29) is 24.2 Å². The number of aliphatic imine (C=N–C) groups is 2. The molecule has 0 spiro atoms. The van der Waals surface area contributed by atoms with Crippen molar-refractivity contribution in [2.75, 3.05) is 0 Å². The third kappa shape index (κ3) is 6.36. The molecule has 0 N–H and O–H groups in total. The first kappa shape index (κ1) is 27.9. The van der Waals surface area contributed by atoms with E-state index in [1.165, 1.54) is 0 Å². The molecule has 2 aromatic carbocycles. The third-order valence-corrected chi connectivity index (χ3v) is 8.49. The van der Waals surface area contributed by atoms with Crippen LogP contribution in [0.3, 0.4) is 0 Å². The predicted octanol–water partition coefficient (Wildman–Crippen LogP) is 5.59. The van der Waals surface area contributed by atoms with Crippen molar-refractivity contribution in [1.29, 1.82) is 0 Å². The highest BCUT2D eigenvalue weighted by atomic mass is 15.6. The molecule has 3 heterocycles. The summed E-state index contributed by atoms with van der Waals surface area (Å²) in [5, 5.41) is 26.9. The van der Waals surface area contributed by atoms with Crippen LogP contribution in [0, 0.1) is 0 Å². The van der Waals surface area contributed by atoms with Gasteiger partial charge in [-0.3, -0.25) is 9.98 Å². The summed E-state index contributed by atoms with van der Waals surface area (Å²) < 4.78 is 0. The molecule has 11 heteroatoms. The highest BCUT2D eigenvalue weighted by molar-refractivity contribution is 5.81. The summed E-state index contributed by atoms with van der Waals surface area (Å²) in [7, 11) is 0. The Morgan fingerprint density at radius 1 is 0.545 bits per heavy atom. The molecule has 3 aromatic heterocycles. The number of tetrazole rings is 2. The molecule has 2 aliphatic rings.